The Morgan fingerprint density at radius 1 is 1.41 bits per heavy atom. The van der Waals surface area contributed by atoms with Crippen LogP contribution in [0.15, 0.2) is 24.3 Å². The summed E-state index contributed by atoms with van der Waals surface area (Å²) in [5.74, 6) is -1.36. The van der Waals surface area contributed by atoms with Crippen LogP contribution in [-0.2, 0) is 0 Å². The van der Waals surface area contributed by atoms with E-state index in [1.165, 1.54) is 23.1 Å². The molecule has 0 aromatic heterocycles. The molecule has 0 aliphatic rings. The van der Waals surface area contributed by atoms with Crippen molar-refractivity contribution >= 4 is 11.9 Å². The predicted molar refractivity (Wildman–Crippen MR) is 60.6 cm³/mol. The van der Waals surface area contributed by atoms with Gasteiger partial charge in [-0.1, -0.05) is 6.07 Å². The minimum atomic E-state index is -1.07. The highest BCUT2D eigenvalue weighted by Gasteiger charge is 2.13. The quantitative estimate of drug-likeness (QED) is 0.850. The minimum Gasteiger partial charge on any atom is -0.478 e. The fraction of sp³-hybridized carbons (Fsp3) is 0.250. The van der Waals surface area contributed by atoms with E-state index in [9.17, 15) is 9.59 Å². The van der Waals surface area contributed by atoms with Crippen molar-refractivity contribution in [3.05, 3.63) is 35.4 Å². The van der Waals surface area contributed by atoms with Crippen LogP contribution >= 0.6 is 0 Å². The Kier molecular flexibility index (Phi) is 4.23. The molecule has 5 heteroatoms. The summed E-state index contributed by atoms with van der Waals surface area (Å²) in [6, 6.07) is 7.77. The highest BCUT2D eigenvalue weighted by atomic mass is 16.4. The maximum Gasteiger partial charge on any atom is 0.335 e. The van der Waals surface area contributed by atoms with Gasteiger partial charge in [-0.2, -0.15) is 5.26 Å². The van der Waals surface area contributed by atoms with Crippen molar-refractivity contribution in [1.29, 1.82) is 5.26 Å². The third kappa shape index (κ3) is 3.31. The normalized spacial score (nSPS) is 9.41. The standard InChI is InChI=1S/C12H12N2O3/c1-14(7-3-6-13)11(15)9-4-2-5-10(8-9)12(16)17/h2,4-5,8H,3,7H2,1H3,(H,16,17). The summed E-state index contributed by atoms with van der Waals surface area (Å²) in [7, 11) is 1.58. The van der Waals surface area contributed by atoms with Gasteiger partial charge in [-0.05, 0) is 18.2 Å². The molecule has 0 radical (unpaired) electrons. The Labute approximate surface area is 98.9 Å². The van der Waals surface area contributed by atoms with Crippen molar-refractivity contribution in [2.45, 2.75) is 6.42 Å². The van der Waals surface area contributed by atoms with Crippen LogP contribution in [0, 0.1) is 11.3 Å². The molecule has 1 amide bonds. The van der Waals surface area contributed by atoms with Gasteiger partial charge in [0.2, 0.25) is 0 Å². The van der Waals surface area contributed by atoms with Crippen molar-refractivity contribution in [2.24, 2.45) is 0 Å². The van der Waals surface area contributed by atoms with Gasteiger partial charge in [-0.25, -0.2) is 4.79 Å². The predicted octanol–water partition coefficient (Wildman–Crippen LogP) is 1.37. The Hall–Kier alpha value is -2.35. The summed E-state index contributed by atoms with van der Waals surface area (Å²) >= 11 is 0. The van der Waals surface area contributed by atoms with Gasteiger partial charge >= 0.3 is 5.97 Å². The Bertz CT molecular complexity index is 477. The second kappa shape index (κ2) is 5.66. The second-order valence-corrected chi connectivity index (χ2v) is 3.52. The fourth-order valence-electron chi connectivity index (χ4n) is 1.32. The van der Waals surface area contributed by atoms with Gasteiger partial charge in [-0.3, -0.25) is 4.79 Å². The topological polar surface area (TPSA) is 81.4 Å². The molecule has 1 N–H and O–H groups in total. The van der Waals surface area contributed by atoms with Gasteiger partial charge in [0.05, 0.1) is 18.1 Å². The fourth-order valence-corrected chi connectivity index (χ4v) is 1.32. The molecule has 0 saturated heterocycles. The average molecular weight is 232 g/mol. The summed E-state index contributed by atoms with van der Waals surface area (Å²) < 4.78 is 0. The van der Waals surface area contributed by atoms with E-state index < -0.39 is 5.97 Å². The lowest BCUT2D eigenvalue weighted by Gasteiger charge is -2.15. The number of carbonyl (C=O) groups excluding carboxylic acids is 1. The number of hydrogen-bond donors (Lipinski definition) is 1. The van der Waals surface area contributed by atoms with Crippen LogP contribution in [-0.4, -0.2) is 35.5 Å². The zero-order valence-electron chi connectivity index (χ0n) is 9.38. The van der Waals surface area contributed by atoms with Crippen molar-refractivity contribution in [2.75, 3.05) is 13.6 Å². The first kappa shape index (κ1) is 12.7. The number of carboxylic acids is 1. The van der Waals surface area contributed by atoms with E-state index >= 15 is 0 Å². The molecule has 0 aliphatic heterocycles. The van der Waals surface area contributed by atoms with Gasteiger partial charge in [-0.15, -0.1) is 0 Å². The number of carbonyl (C=O) groups is 2. The summed E-state index contributed by atoms with van der Waals surface area (Å²) in [6.45, 7) is 0.326. The van der Waals surface area contributed by atoms with E-state index in [0.29, 0.717) is 12.1 Å². The highest BCUT2D eigenvalue weighted by Crippen LogP contribution is 2.08. The monoisotopic (exact) mass is 232 g/mol. The van der Waals surface area contributed by atoms with Crippen molar-refractivity contribution in [3.8, 4) is 6.07 Å². The maximum absolute atomic E-state index is 11.8. The highest BCUT2D eigenvalue weighted by molar-refractivity contribution is 5.97. The van der Waals surface area contributed by atoms with Crippen LogP contribution in [0.1, 0.15) is 27.1 Å². The van der Waals surface area contributed by atoms with Crippen LogP contribution in [0.2, 0.25) is 0 Å². The van der Waals surface area contributed by atoms with Crippen molar-refractivity contribution in [1.82, 2.24) is 4.90 Å². The number of nitriles is 1. The molecule has 0 unspecified atom stereocenters. The lowest BCUT2D eigenvalue weighted by Crippen LogP contribution is -2.27. The lowest BCUT2D eigenvalue weighted by molar-refractivity contribution is 0.0697. The molecule has 0 fully saturated rings. The molecule has 17 heavy (non-hydrogen) atoms. The molecule has 0 bridgehead atoms. The first-order valence-electron chi connectivity index (χ1n) is 5.02. The van der Waals surface area contributed by atoms with E-state index in [1.807, 2.05) is 6.07 Å². The van der Waals surface area contributed by atoms with E-state index in [0.717, 1.165) is 0 Å². The molecular weight excluding hydrogens is 220 g/mol. The smallest absolute Gasteiger partial charge is 0.335 e. The molecule has 0 aliphatic carbocycles. The lowest BCUT2D eigenvalue weighted by atomic mass is 10.1. The largest absolute Gasteiger partial charge is 0.478 e. The third-order valence-corrected chi connectivity index (χ3v) is 2.26. The van der Waals surface area contributed by atoms with Crippen LogP contribution in [0.4, 0.5) is 0 Å². The Morgan fingerprint density at radius 3 is 2.65 bits per heavy atom. The number of hydrogen-bond acceptors (Lipinski definition) is 3. The molecule has 5 nitrogen and oxygen atoms in total. The molecule has 0 spiro atoms. The summed E-state index contributed by atoms with van der Waals surface area (Å²) in [6.07, 6.45) is 0.251. The van der Waals surface area contributed by atoms with Crippen molar-refractivity contribution in [3.63, 3.8) is 0 Å². The number of benzene rings is 1. The van der Waals surface area contributed by atoms with Gasteiger partial charge in [0, 0.05) is 19.2 Å². The Morgan fingerprint density at radius 2 is 2.06 bits per heavy atom. The molecule has 0 atom stereocenters. The number of rotatable bonds is 4. The van der Waals surface area contributed by atoms with E-state index in [2.05, 4.69) is 0 Å². The molecular formula is C12H12N2O3. The summed E-state index contributed by atoms with van der Waals surface area (Å²) in [4.78, 5) is 24.0. The number of amides is 1. The second-order valence-electron chi connectivity index (χ2n) is 3.52. The number of aromatic carboxylic acids is 1. The molecule has 1 aromatic rings. The van der Waals surface area contributed by atoms with E-state index in [-0.39, 0.29) is 17.9 Å². The average Bonchev–Trinajstić information content (AvgIpc) is 2.35. The van der Waals surface area contributed by atoms with Crippen LogP contribution in [0.25, 0.3) is 0 Å². The van der Waals surface area contributed by atoms with Crippen LogP contribution in [0.5, 0.6) is 0 Å². The van der Waals surface area contributed by atoms with Gasteiger partial charge in [0.25, 0.3) is 5.91 Å². The summed E-state index contributed by atoms with van der Waals surface area (Å²) in [5, 5.41) is 17.2. The van der Waals surface area contributed by atoms with Gasteiger partial charge in [0.1, 0.15) is 0 Å². The first-order valence-corrected chi connectivity index (χ1v) is 5.02. The molecule has 0 heterocycles. The number of carboxylic acid groups (broad SMARTS) is 1. The molecule has 1 rings (SSSR count). The van der Waals surface area contributed by atoms with Crippen LogP contribution < -0.4 is 0 Å². The van der Waals surface area contributed by atoms with Gasteiger partial charge < -0.3 is 10.0 Å². The van der Waals surface area contributed by atoms with Crippen LogP contribution in [0.3, 0.4) is 0 Å². The van der Waals surface area contributed by atoms with Gasteiger partial charge in [0.15, 0.2) is 0 Å². The SMILES string of the molecule is CN(CCC#N)C(=O)c1cccc(C(=O)O)c1. The zero-order valence-corrected chi connectivity index (χ0v) is 9.38. The van der Waals surface area contributed by atoms with Crippen molar-refractivity contribution < 1.29 is 14.7 Å². The molecule has 1 aromatic carbocycles. The molecule has 88 valence electrons. The maximum atomic E-state index is 11.8. The zero-order chi connectivity index (χ0) is 12.8. The Balaban J connectivity index is 2.85. The third-order valence-electron chi connectivity index (χ3n) is 2.26. The first-order chi connectivity index (χ1) is 8.06. The number of nitrogens with zero attached hydrogens (tertiary/aromatic N) is 2. The van der Waals surface area contributed by atoms with E-state index in [1.54, 1.807) is 13.1 Å². The molecule has 0 saturated carbocycles. The minimum absolute atomic E-state index is 0.0736. The summed E-state index contributed by atoms with van der Waals surface area (Å²) in [5.41, 5.74) is 0.384. The van der Waals surface area contributed by atoms with E-state index in [4.69, 9.17) is 10.4 Å².